The number of hydrogen-bond donors (Lipinski definition) is 5. The highest BCUT2D eigenvalue weighted by Crippen LogP contribution is 2.61. The van der Waals surface area contributed by atoms with Gasteiger partial charge in [0.25, 0.3) is 0 Å². The molecule has 2 saturated carbocycles. The molecule has 6 amide bonds. The number of carbonyl (C=O) groups excluding carboxylic acids is 6. The zero-order valence-corrected chi connectivity index (χ0v) is 49.3. The Morgan fingerprint density at radius 2 is 1.05 bits per heavy atom. The lowest BCUT2D eigenvalue weighted by atomic mass is 9.68. The minimum atomic E-state index is -0.809. The summed E-state index contributed by atoms with van der Waals surface area (Å²) in [6.07, 6.45) is 4.46. The second-order valence-electron chi connectivity index (χ2n) is 23.6. The highest BCUT2D eigenvalue weighted by molar-refractivity contribution is 6.28. The summed E-state index contributed by atoms with van der Waals surface area (Å²) in [6, 6.07) is 0. The Morgan fingerprint density at radius 1 is 0.649 bits per heavy atom. The van der Waals surface area contributed by atoms with Crippen LogP contribution in [0.25, 0.3) is 0 Å². The lowest BCUT2D eigenvalue weighted by Crippen LogP contribution is -2.56. The molecule has 440 valence electrons. The van der Waals surface area contributed by atoms with Crippen LogP contribution in [-0.2, 0) is 57.0 Å². The average Bonchev–Trinajstić information content (AvgIpc) is 4.20. The van der Waals surface area contributed by atoms with Gasteiger partial charge in [0.2, 0.25) is 11.8 Å². The fraction of sp³-hybridized carbons (Fsp3) is 0.815. The smallest absolute Gasteiger partial charge is 0.414 e. The molecule has 6 rings (SSSR count). The van der Waals surface area contributed by atoms with E-state index < -0.39 is 70.8 Å². The van der Waals surface area contributed by atoms with Crippen molar-refractivity contribution in [2.45, 2.75) is 192 Å². The summed E-state index contributed by atoms with van der Waals surface area (Å²) in [4.78, 5) is 72.7. The van der Waals surface area contributed by atoms with Gasteiger partial charge in [-0.2, -0.15) is 0 Å². The number of rotatable bonds is 19. The number of epoxide rings is 4. The molecule has 12 atom stereocenters. The van der Waals surface area contributed by atoms with Crippen molar-refractivity contribution in [1.82, 2.24) is 31.5 Å². The molecule has 4 heterocycles. The largest absolute Gasteiger partial charge is 0.444 e. The monoisotopic (exact) mass is 1110 g/mol. The molecule has 4 aliphatic heterocycles. The van der Waals surface area contributed by atoms with Crippen LogP contribution in [0.4, 0.5) is 19.2 Å². The number of nitrogens with one attached hydrogen (secondary N) is 5. The number of allylic oxidation sites excluding steroid dienone is 2. The maximum absolute atomic E-state index is 12.6. The second-order valence-corrected chi connectivity index (χ2v) is 23.8. The van der Waals surface area contributed by atoms with Crippen LogP contribution in [0.5, 0.6) is 0 Å². The van der Waals surface area contributed by atoms with Gasteiger partial charge in [0.15, 0.2) is 0 Å². The maximum Gasteiger partial charge on any atom is 0.414 e. The van der Waals surface area contributed by atoms with Crippen LogP contribution in [0.15, 0.2) is 23.3 Å². The normalized spacial score (nSPS) is 31.4. The van der Waals surface area contributed by atoms with Crippen molar-refractivity contribution in [1.29, 1.82) is 0 Å². The van der Waals surface area contributed by atoms with Gasteiger partial charge in [-0.1, -0.05) is 23.3 Å². The first kappa shape index (κ1) is 65.4. The van der Waals surface area contributed by atoms with E-state index in [4.69, 9.17) is 59.0 Å². The standard InChI is InChI=1S/C27H45N3O8.C19H28ClNO6.C8H18N2O2/c1-17(2)9-10-19-26(6,37-19)22-21(34-8)18(11-12-27(22)16-35-27)36-24(33)29-20(31)15-30(7)14-13-28-23(32)38-25(3,4)5;1-11(2)5-6-13-18(3,27-13)16-15(24-4)12(7-8-19(16)10-25-19)26-17(23)21-14(22)9-20;1-8(2,3)12-7(11)10-6-5-9-4/h9,18-19,21-22H,10-16H2,1-8H3,(H,28,32)(H,29,31,33);5,12-13,15-16H,6-10H2,1-4H3,(H,21,22,23);9H,5-6H2,1-4H3,(H,10,11)/t18?,19-,21?,22?,26+,27+;12?,13-,15?,16?,18+,19+;/m11./s1. The Balaban J connectivity index is 0.000000284. The number of ether oxygens (including phenoxy) is 10. The number of alkyl halides is 1. The van der Waals surface area contributed by atoms with Crippen molar-refractivity contribution in [3.8, 4) is 0 Å². The van der Waals surface area contributed by atoms with Crippen LogP contribution in [-0.4, -0.2) is 191 Å². The molecule has 6 unspecified atom stereocenters. The van der Waals surface area contributed by atoms with Gasteiger partial charge in [0, 0.05) is 40.4 Å². The molecule has 6 fully saturated rings. The third-order valence-electron chi connectivity index (χ3n) is 14.2. The molecule has 4 saturated heterocycles. The van der Waals surface area contributed by atoms with Gasteiger partial charge in [-0.25, -0.2) is 19.2 Å². The van der Waals surface area contributed by atoms with E-state index >= 15 is 0 Å². The van der Waals surface area contributed by atoms with E-state index in [1.807, 2.05) is 27.8 Å². The number of alkyl carbamates (subject to hydrolysis) is 4. The van der Waals surface area contributed by atoms with Crippen LogP contribution in [0.3, 0.4) is 0 Å². The van der Waals surface area contributed by atoms with Crippen molar-refractivity contribution < 1.29 is 76.1 Å². The Morgan fingerprint density at radius 3 is 1.40 bits per heavy atom. The summed E-state index contributed by atoms with van der Waals surface area (Å²) < 4.78 is 57.1. The predicted octanol–water partition coefficient (Wildman–Crippen LogP) is 6.06. The Hall–Kier alpha value is -4.13. The van der Waals surface area contributed by atoms with E-state index in [1.165, 1.54) is 11.1 Å². The van der Waals surface area contributed by atoms with E-state index in [-0.39, 0.29) is 59.9 Å². The van der Waals surface area contributed by atoms with Gasteiger partial charge in [0.05, 0.1) is 43.8 Å². The molecule has 22 nitrogen and oxygen atoms in total. The molecule has 0 aromatic heterocycles. The summed E-state index contributed by atoms with van der Waals surface area (Å²) in [6.45, 7) is 26.6. The van der Waals surface area contributed by atoms with Gasteiger partial charge >= 0.3 is 24.4 Å². The molecule has 6 aliphatic rings. The summed E-state index contributed by atoms with van der Waals surface area (Å²) in [5, 5.41) is 12.6. The highest BCUT2D eigenvalue weighted by Gasteiger charge is 2.73. The van der Waals surface area contributed by atoms with Gasteiger partial charge < -0.3 is 63.3 Å². The fourth-order valence-electron chi connectivity index (χ4n) is 10.4. The van der Waals surface area contributed by atoms with Crippen LogP contribution in [0.2, 0.25) is 0 Å². The molecule has 5 N–H and O–H groups in total. The fourth-order valence-corrected chi connectivity index (χ4v) is 10.4. The third-order valence-corrected chi connectivity index (χ3v) is 14.5. The summed E-state index contributed by atoms with van der Waals surface area (Å²) >= 11 is 5.42. The number of imide groups is 2. The minimum Gasteiger partial charge on any atom is -0.444 e. The van der Waals surface area contributed by atoms with Gasteiger partial charge in [-0.3, -0.25) is 25.1 Å². The molecule has 23 heteroatoms. The van der Waals surface area contributed by atoms with Crippen molar-refractivity contribution >= 4 is 47.8 Å². The number of amides is 6. The summed E-state index contributed by atoms with van der Waals surface area (Å²) in [7, 11) is 6.76. The van der Waals surface area contributed by atoms with E-state index in [0.29, 0.717) is 45.7 Å². The molecule has 2 spiro atoms. The quantitative estimate of drug-likeness (QED) is 0.0323. The molecule has 77 heavy (non-hydrogen) atoms. The second kappa shape index (κ2) is 27.8. The number of halogens is 1. The first-order chi connectivity index (χ1) is 35.9. The Kier molecular flexibility index (Phi) is 23.6. The number of nitrogens with zero attached hydrogens (tertiary/aromatic N) is 1. The Bertz CT molecular complexity index is 2080. The zero-order chi connectivity index (χ0) is 57.7. The average molecular weight is 1120 g/mol. The first-order valence-corrected chi connectivity index (χ1v) is 27.2. The number of hydrogen-bond acceptors (Lipinski definition) is 18. The van der Waals surface area contributed by atoms with Crippen LogP contribution in [0.1, 0.15) is 122 Å². The van der Waals surface area contributed by atoms with E-state index in [2.05, 4.69) is 80.3 Å². The molecule has 2 aliphatic carbocycles. The molecular weight excluding hydrogens is 1020 g/mol. The lowest BCUT2D eigenvalue weighted by Gasteiger charge is -2.42. The number of carbonyl (C=O) groups is 6. The first-order valence-electron chi connectivity index (χ1n) is 26.7. The van der Waals surface area contributed by atoms with E-state index in [1.54, 1.807) is 46.9 Å². The van der Waals surface area contributed by atoms with Gasteiger partial charge in [-0.15, -0.1) is 11.6 Å². The molecular formula is C54H91ClN6O16. The number of likely N-dealkylation sites (N-methyl/N-ethyl adjacent to an activating group) is 2. The lowest BCUT2D eigenvalue weighted by molar-refractivity contribution is -0.126. The Labute approximate surface area is 461 Å². The topological polar surface area (TPSA) is 271 Å². The summed E-state index contributed by atoms with van der Waals surface area (Å²) in [5.74, 6) is -1.55. The van der Waals surface area contributed by atoms with Crippen LogP contribution < -0.4 is 26.6 Å². The van der Waals surface area contributed by atoms with E-state index in [9.17, 15) is 28.8 Å². The van der Waals surface area contributed by atoms with E-state index in [0.717, 1.165) is 32.2 Å². The van der Waals surface area contributed by atoms with Crippen molar-refractivity contribution in [3.63, 3.8) is 0 Å². The molecule has 0 aromatic carbocycles. The molecule has 0 aromatic rings. The maximum atomic E-state index is 12.6. The summed E-state index contributed by atoms with van der Waals surface area (Å²) in [5.41, 5.74) is 0.0533. The van der Waals surface area contributed by atoms with Gasteiger partial charge in [0.1, 0.15) is 63.9 Å². The van der Waals surface area contributed by atoms with Crippen molar-refractivity contribution in [2.75, 3.05) is 80.1 Å². The minimum absolute atomic E-state index is 0.0407. The van der Waals surface area contributed by atoms with Crippen LogP contribution >= 0.6 is 11.6 Å². The zero-order valence-electron chi connectivity index (χ0n) is 48.5. The predicted molar refractivity (Wildman–Crippen MR) is 287 cm³/mol. The SMILES string of the molecule is CNCCNC(=O)OC(C)(C)C.COC1C(OC(=O)NC(=O)CCl)CC[C@]2(CO2)C1[C@@]1(C)O[C@@H]1CC=C(C)C.COC1C(OC(=O)NC(=O)CN(C)CCNC(=O)OC(C)(C)C)CC[C@]2(CO2)C1[C@@]1(C)O[C@@H]1CC=C(C)C. The van der Waals surface area contributed by atoms with Crippen LogP contribution in [0, 0.1) is 11.8 Å². The van der Waals surface area contributed by atoms with Gasteiger partial charge in [-0.05, 0) is 136 Å². The number of methoxy groups -OCH3 is 2. The van der Waals surface area contributed by atoms with Crippen molar-refractivity contribution in [3.05, 3.63) is 23.3 Å². The highest BCUT2D eigenvalue weighted by atomic mass is 35.5. The molecule has 0 radical (unpaired) electrons. The molecule has 0 bridgehead atoms. The third kappa shape index (κ3) is 19.9. The van der Waals surface area contributed by atoms with Crippen molar-refractivity contribution in [2.24, 2.45) is 11.8 Å².